The van der Waals surface area contributed by atoms with Gasteiger partial charge in [0.2, 0.25) is 5.91 Å². The molecule has 27 heavy (non-hydrogen) atoms. The Kier molecular flexibility index (Phi) is 6.51. The molecule has 1 amide bonds. The van der Waals surface area contributed by atoms with E-state index in [1.54, 1.807) is 17.5 Å². The number of carbonyl (C=O) groups excluding carboxylic acids is 1. The van der Waals surface area contributed by atoms with E-state index < -0.39 is 10.0 Å². The van der Waals surface area contributed by atoms with Crippen LogP contribution in [-0.4, -0.2) is 44.9 Å². The van der Waals surface area contributed by atoms with Crippen molar-refractivity contribution in [1.82, 2.24) is 9.62 Å². The number of nitrogens with one attached hydrogen (secondary N) is 1. The van der Waals surface area contributed by atoms with Crippen molar-refractivity contribution in [2.45, 2.75) is 24.0 Å². The highest BCUT2D eigenvalue weighted by Gasteiger charge is 2.33. The minimum absolute atomic E-state index is 0.116. The number of rotatable bonds is 7. The molecule has 1 aliphatic heterocycles. The standard InChI is InChI=1S/C19H24N2O4S2/c1-15-6-2-3-8-17(15)25-12-10-20-19(22)16-7-4-11-21(14-16)27(23,24)18-9-5-13-26-18/h2-3,5-6,8-9,13,16H,4,7,10-12,14H2,1H3,(H,20,22)/t16-/m0/s1. The van der Waals surface area contributed by atoms with Gasteiger partial charge in [-0.15, -0.1) is 11.3 Å². The van der Waals surface area contributed by atoms with Crippen molar-refractivity contribution in [3.63, 3.8) is 0 Å². The minimum Gasteiger partial charge on any atom is -0.491 e. The summed E-state index contributed by atoms with van der Waals surface area (Å²) in [7, 11) is -3.50. The van der Waals surface area contributed by atoms with Gasteiger partial charge in [-0.25, -0.2) is 8.42 Å². The molecule has 146 valence electrons. The summed E-state index contributed by atoms with van der Waals surface area (Å²) in [6, 6.07) is 11.0. The zero-order valence-corrected chi connectivity index (χ0v) is 16.9. The fourth-order valence-corrected chi connectivity index (χ4v) is 5.78. The number of aryl methyl sites for hydroxylation is 1. The van der Waals surface area contributed by atoms with Crippen molar-refractivity contribution in [1.29, 1.82) is 0 Å². The summed E-state index contributed by atoms with van der Waals surface area (Å²) in [6.45, 7) is 3.42. The second kappa shape index (κ2) is 8.86. The lowest BCUT2D eigenvalue weighted by Crippen LogP contribution is -2.45. The topological polar surface area (TPSA) is 75.7 Å². The first kappa shape index (κ1) is 19.9. The van der Waals surface area contributed by atoms with Crippen LogP contribution in [-0.2, 0) is 14.8 Å². The second-order valence-electron chi connectivity index (χ2n) is 6.54. The molecule has 6 nitrogen and oxygen atoms in total. The molecule has 3 rings (SSSR count). The Bertz CT molecular complexity index is 866. The summed E-state index contributed by atoms with van der Waals surface area (Å²) in [5.74, 6) is 0.360. The van der Waals surface area contributed by atoms with Crippen molar-refractivity contribution < 1.29 is 17.9 Å². The lowest BCUT2D eigenvalue weighted by molar-refractivity contribution is -0.126. The second-order valence-corrected chi connectivity index (χ2v) is 9.65. The zero-order chi connectivity index (χ0) is 19.3. The molecule has 0 aliphatic carbocycles. The number of piperidine rings is 1. The SMILES string of the molecule is Cc1ccccc1OCCNC(=O)[C@H]1CCCN(S(=O)(=O)c2cccs2)C1. The third-order valence-electron chi connectivity index (χ3n) is 4.60. The van der Waals surface area contributed by atoms with Crippen molar-refractivity contribution in [3.8, 4) is 5.75 Å². The molecule has 1 aliphatic rings. The summed E-state index contributed by atoms with van der Waals surface area (Å²) >= 11 is 1.20. The largest absolute Gasteiger partial charge is 0.491 e. The molecule has 1 aromatic heterocycles. The minimum atomic E-state index is -3.50. The molecule has 1 fully saturated rings. The molecular weight excluding hydrogens is 384 g/mol. The van der Waals surface area contributed by atoms with E-state index in [-0.39, 0.29) is 18.4 Å². The Morgan fingerprint density at radius 3 is 2.85 bits per heavy atom. The quantitative estimate of drug-likeness (QED) is 0.715. The van der Waals surface area contributed by atoms with Gasteiger partial charge in [-0.05, 0) is 42.8 Å². The van der Waals surface area contributed by atoms with E-state index in [1.165, 1.54) is 15.6 Å². The number of ether oxygens (including phenoxy) is 1. The predicted molar refractivity (Wildman–Crippen MR) is 105 cm³/mol. The summed E-state index contributed by atoms with van der Waals surface area (Å²) < 4.78 is 32.7. The fourth-order valence-electron chi connectivity index (χ4n) is 3.11. The molecule has 2 heterocycles. The number of thiophene rings is 1. The molecule has 1 aromatic carbocycles. The van der Waals surface area contributed by atoms with Crippen LogP contribution >= 0.6 is 11.3 Å². The first-order valence-electron chi connectivity index (χ1n) is 8.98. The van der Waals surface area contributed by atoms with Crippen LogP contribution in [0.15, 0.2) is 46.0 Å². The number of nitrogens with zero attached hydrogens (tertiary/aromatic N) is 1. The lowest BCUT2D eigenvalue weighted by Gasteiger charge is -2.30. The first-order valence-corrected chi connectivity index (χ1v) is 11.3. The monoisotopic (exact) mass is 408 g/mol. The van der Waals surface area contributed by atoms with Gasteiger partial charge in [-0.2, -0.15) is 4.31 Å². The highest BCUT2D eigenvalue weighted by atomic mass is 32.2. The zero-order valence-electron chi connectivity index (χ0n) is 15.3. The highest BCUT2D eigenvalue weighted by Crippen LogP contribution is 2.26. The molecule has 1 N–H and O–H groups in total. The average molecular weight is 409 g/mol. The lowest BCUT2D eigenvalue weighted by atomic mass is 9.99. The molecule has 0 bridgehead atoms. The summed E-state index contributed by atoms with van der Waals surface area (Å²) in [4.78, 5) is 12.4. The van der Waals surface area contributed by atoms with Gasteiger partial charge in [-0.1, -0.05) is 24.3 Å². The Balaban J connectivity index is 1.49. The van der Waals surface area contributed by atoms with Crippen LogP contribution in [0.5, 0.6) is 5.75 Å². The number of amides is 1. The summed E-state index contributed by atoms with van der Waals surface area (Å²) in [6.07, 6.45) is 1.38. The fraction of sp³-hybridized carbons (Fsp3) is 0.421. The smallest absolute Gasteiger partial charge is 0.252 e. The van der Waals surface area contributed by atoms with Gasteiger partial charge in [0.1, 0.15) is 16.6 Å². The van der Waals surface area contributed by atoms with Crippen LogP contribution in [0.25, 0.3) is 0 Å². The molecule has 0 radical (unpaired) electrons. The van der Waals surface area contributed by atoms with Crippen LogP contribution in [0.3, 0.4) is 0 Å². The van der Waals surface area contributed by atoms with Crippen molar-refractivity contribution >= 4 is 27.3 Å². The molecular formula is C19H24N2O4S2. The highest BCUT2D eigenvalue weighted by molar-refractivity contribution is 7.91. The van der Waals surface area contributed by atoms with Gasteiger partial charge in [0.05, 0.1) is 12.5 Å². The third kappa shape index (κ3) is 4.88. The van der Waals surface area contributed by atoms with Crippen LogP contribution in [0.4, 0.5) is 0 Å². The maximum absolute atomic E-state index is 12.7. The number of carbonyl (C=O) groups is 1. The molecule has 1 atom stereocenters. The molecule has 0 spiro atoms. The van der Waals surface area contributed by atoms with Crippen LogP contribution in [0.2, 0.25) is 0 Å². The Morgan fingerprint density at radius 2 is 2.11 bits per heavy atom. The molecule has 0 unspecified atom stereocenters. The number of benzene rings is 1. The first-order chi connectivity index (χ1) is 13.0. The van der Waals surface area contributed by atoms with Crippen molar-refractivity contribution in [3.05, 3.63) is 47.3 Å². The molecule has 2 aromatic rings. The van der Waals surface area contributed by atoms with E-state index in [4.69, 9.17) is 4.74 Å². The Morgan fingerprint density at radius 1 is 1.30 bits per heavy atom. The average Bonchev–Trinajstić information content (AvgIpc) is 3.22. The van der Waals surface area contributed by atoms with Crippen molar-refractivity contribution in [2.24, 2.45) is 5.92 Å². The third-order valence-corrected chi connectivity index (χ3v) is 7.83. The molecule has 1 saturated heterocycles. The van der Waals surface area contributed by atoms with E-state index in [2.05, 4.69) is 5.32 Å². The van der Waals surface area contributed by atoms with E-state index >= 15 is 0 Å². The number of sulfonamides is 1. The maximum atomic E-state index is 12.7. The molecule has 8 heteroatoms. The predicted octanol–water partition coefficient (Wildman–Crippen LogP) is 2.65. The van der Waals surface area contributed by atoms with Crippen LogP contribution in [0.1, 0.15) is 18.4 Å². The van der Waals surface area contributed by atoms with Gasteiger partial charge >= 0.3 is 0 Å². The molecule has 0 saturated carbocycles. The maximum Gasteiger partial charge on any atom is 0.252 e. The Hall–Kier alpha value is -1.90. The van der Waals surface area contributed by atoms with Gasteiger partial charge in [0.15, 0.2) is 0 Å². The van der Waals surface area contributed by atoms with E-state index in [0.29, 0.717) is 36.7 Å². The summed E-state index contributed by atoms with van der Waals surface area (Å²) in [5, 5.41) is 4.61. The van der Waals surface area contributed by atoms with E-state index in [0.717, 1.165) is 11.3 Å². The Labute approximate surface area is 164 Å². The van der Waals surface area contributed by atoms with Crippen LogP contribution < -0.4 is 10.1 Å². The van der Waals surface area contributed by atoms with Gasteiger partial charge in [-0.3, -0.25) is 4.79 Å². The number of hydrogen-bond acceptors (Lipinski definition) is 5. The number of hydrogen-bond donors (Lipinski definition) is 1. The summed E-state index contributed by atoms with van der Waals surface area (Å²) in [5.41, 5.74) is 1.05. The number of para-hydroxylation sites is 1. The van der Waals surface area contributed by atoms with Gasteiger partial charge < -0.3 is 10.1 Å². The normalized spacial score (nSPS) is 18.2. The van der Waals surface area contributed by atoms with Gasteiger partial charge in [0.25, 0.3) is 10.0 Å². The van der Waals surface area contributed by atoms with Gasteiger partial charge in [0, 0.05) is 13.1 Å². The van der Waals surface area contributed by atoms with Crippen LogP contribution in [0, 0.1) is 12.8 Å². The van der Waals surface area contributed by atoms with E-state index in [9.17, 15) is 13.2 Å². The van der Waals surface area contributed by atoms with Crippen molar-refractivity contribution in [2.75, 3.05) is 26.2 Å². The van der Waals surface area contributed by atoms with E-state index in [1.807, 2.05) is 31.2 Å².